The maximum Gasteiger partial charge on any atom is 0.224 e. The molecule has 24 heavy (non-hydrogen) atoms. The molecule has 1 heterocycles. The molecule has 1 saturated heterocycles. The van der Waals surface area contributed by atoms with Crippen molar-refractivity contribution in [1.82, 2.24) is 15.5 Å². The van der Waals surface area contributed by atoms with Crippen LogP contribution in [0.4, 0.5) is 0 Å². The summed E-state index contributed by atoms with van der Waals surface area (Å²) in [5.41, 5.74) is 2.43. The van der Waals surface area contributed by atoms with Crippen LogP contribution in [-0.2, 0) is 11.3 Å². The van der Waals surface area contributed by atoms with E-state index in [1.807, 2.05) is 11.8 Å². The second kappa shape index (κ2) is 11.3. The van der Waals surface area contributed by atoms with Gasteiger partial charge in [-0.15, -0.1) is 24.0 Å². The standard InChI is InChI=1S/C18H28N4O.HI/c1-3-19-18(21-14-16-8-6-15(2)7-9-16)20-11-10-17(23)22-12-4-5-13-22;/h6-9H,3-5,10-14H2,1-2H3,(H2,19,20,21);1H. The van der Waals surface area contributed by atoms with Crippen molar-refractivity contribution in [1.29, 1.82) is 0 Å². The number of carbonyl (C=O) groups is 1. The molecule has 0 bridgehead atoms. The Bertz CT molecular complexity index is 524. The lowest BCUT2D eigenvalue weighted by Gasteiger charge is -2.16. The summed E-state index contributed by atoms with van der Waals surface area (Å²) in [4.78, 5) is 18.6. The molecule has 1 aromatic carbocycles. The first kappa shape index (κ1) is 20.7. The number of likely N-dealkylation sites (tertiary alicyclic amines) is 1. The minimum Gasteiger partial charge on any atom is -0.357 e. The van der Waals surface area contributed by atoms with E-state index in [0.29, 0.717) is 19.5 Å². The molecule has 134 valence electrons. The van der Waals surface area contributed by atoms with Crippen LogP contribution in [0.15, 0.2) is 29.3 Å². The molecule has 2 N–H and O–H groups in total. The van der Waals surface area contributed by atoms with Crippen molar-refractivity contribution in [2.24, 2.45) is 4.99 Å². The molecule has 1 aromatic rings. The Morgan fingerprint density at radius 3 is 2.46 bits per heavy atom. The Morgan fingerprint density at radius 1 is 1.17 bits per heavy atom. The van der Waals surface area contributed by atoms with Gasteiger partial charge in [0.05, 0.1) is 6.54 Å². The first-order chi connectivity index (χ1) is 11.2. The van der Waals surface area contributed by atoms with E-state index in [0.717, 1.165) is 38.4 Å². The topological polar surface area (TPSA) is 56.7 Å². The van der Waals surface area contributed by atoms with Crippen molar-refractivity contribution in [3.8, 4) is 0 Å². The summed E-state index contributed by atoms with van der Waals surface area (Å²) in [6.07, 6.45) is 2.80. The van der Waals surface area contributed by atoms with Gasteiger partial charge in [0.2, 0.25) is 5.91 Å². The molecule has 1 aliphatic rings. The largest absolute Gasteiger partial charge is 0.357 e. The first-order valence-corrected chi connectivity index (χ1v) is 8.54. The number of halogens is 1. The van der Waals surface area contributed by atoms with Crippen LogP contribution in [0.3, 0.4) is 0 Å². The Balaban J connectivity index is 0.00000288. The second-order valence-corrected chi connectivity index (χ2v) is 5.95. The predicted molar refractivity (Wildman–Crippen MR) is 110 cm³/mol. The fourth-order valence-electron chi connectivity index (χ4n) is 2.62. The number of aryl methyl sites for hydroxylation is 1. The van der Waals surface area contributed by atoms with Crippen molar-refractivity contribution in [3.63, 3.8) is 0 Å². The summed E-state index contributed by atoms with van der Waals surface area (Å²) >= 11 is 0. The summed E-state index contributed by atoms with van der Waals surface area (Å²) in [6.45, 7) is 8.01. The molecule has 1 fully saturated rings. The number of hydrogen-bond donors (Lipinski definition) is 2. The molecular formula is C18H29IN4O. The molecule has 1 aliphatic heterocycles. The van der Waals surface area contributed by atoms with Gasteiger partial charge in [-0.1, -0.05) is 29.8 Å². The quantitative estimate of drug-likeness (QED) is 0.403. The van der Waals surface area contributed by atoms with E-state index in [1.165, 1.54) is 11.1 Å². The Hall–Kier alpha value is -1.31. The van der Waals surface area contributed by atoms with Gasteiger partial charge >= 0.3 is 0 Å². The highest BCUT2D eigenvalue weighted by Gasteiger charge is 2.17. The van der Waals surface area contributed by atoms with Crippen LogP contribution in [-0.4, -0.2) is 42.9 Å². The van der Waals surface area contributed by atoms with Crippen molar-refractivity contribution >= 4 is 35.8 Å². The minimum absolute atomic E-state index is 0. The van der Waals surface area contributed by atoms with Crippen LogP contribution >= 0.6 is 24.0 Å². The van der Waals surface area contributed by atoms with E-state index in [1.54, 1.807) is 0 Å². The lowest BCUT2D eigenvalue weighted by atomic mass is 10.1. The van der Waals surface area contributed by atoms with Gasteiger partial charge in [0.25, 0.3) is 0 Å². The number of aliphatic imine (C=N–C) groups is 1. The summed E-state index contributed by atoms with van der Waals surface area (Å²) in [7, 11) is 0. The van der Waals surface area contributed by atoms with Crippen LogP contribution in [0.5, 0.6) is 0 Å². The Morgan fingerprint density at radius 2 is 1.83 bits per heavy atom. The summed E-state index contributed by atoms with van der Waals surface area (Å²) in [6, 6.07) is 8.39. The number of nitrogens with zero attached hydrogens (tertiary/aromatic N) is 2. The fourth-order valence-corrected chi connectivity index (χ4v) is 2.62. The Labute approximate surface area is 162 Å². The molecule has 0 unspecified atom stereocenters. The Kier molecular flexibility index (Phi) is 9.75. The summed E-state index contributed by atoms with van der Waals surface area (Å²) in [5, 5.41) is 6.47. The van der Waals surface area contributed by atoms with Crippen LogP contribution < -0.4 is 10.6 Å². The third-order valence-corrected chi connectivity index (χ3v) is 3.97. The minimum atomic E-state index is 0. The van der Waals surface area contributed by atoms with Crippen molar-refractivity contribution in [2.45, 2.75) is 39.7 Å². The molecule has 1 amide bonds. The molecule has 0 aromatic heterocycles. The number of hydrogen-bond acceptors (Lipinski definition) is 2. The van der Waals surface area contributed by atoms with Crippen LogP contribution in [0.2, 0.25) is 0 Å². The average Bonchev–Trinajstić information content (AvgIpc) is 3.08. The fraction of sp³-hybridized carbons (Fsp3) is 0.556. The lowest BCUT2D eigenvalue weighted by molar-refractivity contribution is -0.129. The maximum absolute atomic E-state index is 12.0. The monoisotopic (exact) mass is 444 g/mol. The second-order valence-electron chi connectivity index (χ2n) is 5.95. The van der Waals surface area contributed by atoms with Gasteiger partial charge in [0.15, 0.2) is 5.96 Å². The van der Waals surface area contributed by atoms with Crippen LogP contribution in [0.1, 0.15) is 37.3 Å². The third kappa shape index (κ3) is 7.07. The van der Waals surface area contributed by atoms with Gasteiger partial charge in [-0.3, -0.25) is 4.79 Å². The van der Waals surface area contributed by atoms with Crippen molar-refractivity contribution in [3.05, 3.63) is 35.4 Å². The van der Waals surface area contributed by atoms with Crippen LogP contribution in [0.25, 0.3) is 0 Å². The number of rotatable bonds is 6. The zero-order chi connectivity index (χ0) is 16.5. The van der Waals surface area contributed by atoms with E-state index in [2.05, 4.69) is 46.8 Å². The van der Waals surface area contributed by atoms with E-state index < -0.39 is 0 Å². The lowest BCUT2D eigenvalue weighted by Crippen LogP contribution is -2.39. The third-order valence-electron chi connectivity index (χ3n) is 3.97. The number of guanidine groups is 1. The highest BCUT2D eigenvalue weighted by Crippen LogP contribution is 2.08. The van der Waals surface area contributed by atoms with Crippen LogP contribution in [0, 0.1) is 6.92 Å². The number of amides is 1. The molecule has 2 rings (SSSR count). The predicted octanol–water partition coefficient (Wildman–Crippen LogP) is 2.68. The van der Waals surface area contributed by atoms with Gasteiger partial charge in [-0.2, -0.15) is 0 Å². The summed E-state index contributed by atoms with van der Waals surface area (Å²) in [5.74, 6) is 1.01. The normalized spacial score (nSPS) is 14.2. The molecule has 0 spiro atoms. The number of carbonyl (C=O) groups excluding carboxylic acids is 1. The highest BCUT2D eigenvalue weighted by atomic mass is 127. The SMILES string of the molecule is CCNC(=NCc1ccc(C)cc1)NCCC(=O)N1CCCC1.I. The van der Waals surface area contributed by atoms with Gasteiger partial charge < -0.3 is 15.5 Å². The highest BCUT2D eigenvalue weighted by molar-refractivity contribution is 14.0. The molecular weight excluding hydrogens is 415 g/mol. The molecule has 0 radical (unpaired) electrons. The molecule has 0 aliphatic carbocycles. The van der Waals surface area contributed by atoms with E-state index in [-0.39, 0.29) is 29.9 Å². The maximum atomic E-state index is 12.0. The van der Waals surface area contributed by atoms with E-state index in [9.17, 15) is 4.79 Å². The van der Waals surface area contributed by atoms with E-state index in [4.69, 9.17) is 0 Å². The first-order valence-electron chi connectivity index (χ1n) is 8.54. The summed E-state index contributed by atoms with van der Waals surface area (Å²) < 4.78 is 0. The zero-order valence-electron chi connectivity index (χ0n) is 14.7. The van der Waals surface area contributed by atoms with Gasteiger partial charge in [0.1, 0.15) is 0 Å². The molecule has 6 heteroatoms. The van der Waals surface area contributed by atoms with Gasteiger partial charge in [-0.05, 0) is 32.3 Å². The van der Waals surface area contributed by atoms with Crippen molar-refractivity contribution < 1.29 is 4.79 Å². The van der Waals surface area contributed by atoms with Gasteiger partial charge in [0, 0.05) is 32.6 Å². The number of nitrogens with one attached hydrogen (secondary N) is 2. The molecule has 0 saturated carbocycles. The molecule has 0 atom stereocenters. The zero-order valence-corrected chi connectivity index (χ0v) is 17.0. The van der Waals surface area contributed by atoms with Gasteiger partial charge in [-0.25, -0.2) is 4.99 Å². The molecule has 5 nitrogen and oxygen atoms in total. The number of benzene rings is 1. The average molecular weight is 444 g/mol. The van der Waals surface area contributed by atoms with E-state index >= 15 is 0 Å². The van der Waals surface area contributed by atoms with Crippen molar-refractivity contribution in [2.75, 3.05) is 26.2 Å². The smallest absolute Gasteiger partial charge is 0.224 e.